The molecule has 0 aromatic carbocycles. The number of aromatic nitrogens is 2. The van der Waals surface area contributed by atoms with E-state index in [9.17, 15) is 4.79 Å². The van der Waals surface area contributed by atoms with Crippen LogP contribution < -0.4 is 5.32 Å². The van der Waals surface area contributed by atoms with Gasteiger partial charge < -0.3 is 14.8 Å². The first-order valence-corrected chi connectivity index (χ1v) is 6.17. The molecule has 1 heterocycles. The van der Waals surface area contributed by atoms with E-state index in [1.807, 2.05) is 24.7 Å². The minimum atomic E-state index is 0.123. The van der Waals surface area contributed by atoms with Crippen LogP contribution in [0.25, 0.3) is 0 Å². The predicted molar refractivity (Wildman–Crippen MR) is 65.4 cm³/mol. The molecule has 1 aromatic heterocycles. The van der Waals surface area contributed by atoms with Crippen LogP contribution in [0.15, 0.2) is 12.5 Å². The topological polar surface area (TPSA) is 50.2 Å². The molecule has 0 bridgehead atoms. The Kier molecular flexibility index (Phi) is 3.78. The van der Waals surface area contributed by atoms with Gasteiger partial charge in [-0.15, -0.1) is 0 Å². The van der Waals surface area contributed by atoms with E-state index >= 15 is 0 Å². The Morgan fingerprint density at radius 2 is 2.41 bits per heavy atom. The number of likely N-dealkylation sites (N-methyl/N-ethyl adjacent to an activating group) is 1. The Labute approximate surface area is 102 Å². The van der Waals surface area contributed by atoms with Crippen LogP contribution in [-0.4, -0.2) is 40.0 Å². The van der Waals surface area contributed by atoms with Crippen LogP contribution >= 0.6 is 0 Å². The quantitative estimate of drug-likeness (QED) is 0.787. The molecule has 17 heavy (non-hydrogen) atoms. The van der Waals surface area contributed by atoms with Gasteiger partial charge in [-0.2, -0.15) is 0 Å². The lowest BCUT2D eigenvalue weighted by Gasteiger charge is -2.16. The maximum Gasteiger partial charge on any atom is 0.242 e. The second-order valence-electron chi connectivity index (χ2n) is 4.58. The van der Waals surface area contributed by atoms with Gasteiger partial charge in [-0.05, 0) is 19.8 Å². The van der Waals surface area contributed by atoms with Crippen LogP contribution in [0.4, 0.5) is 0 Å². The summed E-state index contributed by atoms with van der Waals surface area (Å²) in [4.78, 5) is 17.6. The summed E-state index contributed by atoms with van der Waals surface area (Å²) >= 11 is 0. The van der Waals surface area contributed by atoms with E-state index in [1.165, 1.54) is 12.8 Å². The van der Waals surface area contributed by atoms with Crippen LogP contribution in [-0.2, 0) is 17.9 Å². The van der Waals surface area contributed by atoms with Crippen molar-refractivity contribution in [2.24, 2.45) is 0 Å². The molecule has 1 aliphatic carbocycles. The van der Waals surface area contributed by atoms with Crippen LogP contribution in [0.3, 0.4) is 0 Å². The lowest BCUT2D eigenvalue weighted by atomic mass is 10.4. The number of hydrogen-bond acceptors (Lipinski definition) is 3. The molecule has 0 radical (unpaired) electrons. The third-order valence-corrected chi connectivity index (χ3v) is 3.15. The number of carbonyl (C=O) groups is 1. The van der Waals surface area contributed by atoms with Gasteiger partial charge in [0.1, 0.15) is 6.54 Å². The maximum atomic E-state index is 11.8. The number of nitrogens with one attached hydrogen (secondary N) is 1. The fourth-order valence-electron chi connectivity index (χ4n) is 1.62. The predicted octanol–water partition coefficient (Wildman–Crippen LogP) is 0.613. The molecule has 0 saturated heterocycles. The molecule has 1 saturated carbocycles. The van der Waals surface area contributed by atoms with Crippen molar-refractivity contribution in [1.82, 2.24) is 19.8 Å². The van der Waals surface area contributed by atoms with Gasteiger partial charge in [-0.3, -0.25) is 4.79 Å². The standard InChI is InChI=1S/C12H20N4O/c1-3-15(2)12(17)8-16-9-13-6-11(16)7-14-10-4-5-10/h6,9-10,14H,3-5,7-8H2,1-2H3. The van der Waals surface area contributed by atoms with Gasteiger partial charge in [0.05, 0.1) is 12.0 Å². The van der Waals surface area contributed by atoms with Gasteiger partial charge >= 0.3 is 0 Å². The Bertz CT molecular complexity index is 384. The van der Waals surface area contributed by atoms with Crippen molar-refractivity contribution in [3.63, 3.8) is 0 Å². The number of rotatable bonds is 6. The summed E-state index contributed by atoms with van der Waals surface area (Å²) in [6.07, 6.45) is 6.09. The summed E-state index contributed by atoms with van der Waals surface area (Å²) < 4.78 is 1.92. The van der Waals surface area contributed by atoms with Crippen molar-refractivity contribution in [3.8, 4) is 0 Å². The zero-order chi connectivity index (χ0) is 12.3. The third-order valence-electron chi connectivity index (χ3n) is 3.15. The normalized spacial score (nSPS) is 14.9. The number of hydrogen-bond donors (Lipinski definition) is 1. The van der Waals surface area contributed by atoms with Gasteiger partial charge in [0.25, 0.3) is 0 Å². The average molecular weight is 236 g/mol. The summed E-state index contributed by atoms with van der Waals surface area (Å²) in [5.74, 6) is 0.123. The summed E-state index contributed by atoms with van der Waals surface area (Å²) in [5, 5.41) is 3.43. The molecule has 1 N–H and O–H groups in total. The summed E-state index contributed by atoms with van der Waals surface area (Å²) in [5.41, 5.74) is 1.08. The number of nitrogens with zero attached hydrogens (tertiary/aromatic N) is 3. The molecule has 0 unspecified atom stereocenters. The highest BCUT2D eigenvalue weighted by molar-refractivity contribution is 5.75. The van der Waals surface area contributed by atoms with Gasteiger partial charge in [-0.25, -0.2) is 4.98 Å². The Hall–Kier alpha value is -1.36. The van der Waals surface area contributed by atoms with Gasteiger partial charge in [0, 0.05) is 32.4 Å². The highest BCUT2D eigenvalue weighted by atomic mass is 16.2. The van der Waals surface area contributed by atoms with E-state index in [4.69, 9.17) is 0 Å². The maximum absolute atomic E-state index is 11.8. The molecule has 1 aromatic rings. The molecular weight excluding hydrogens is 216 g/mol. The second kappa shape index (κ2) is 5.31. The molecule has 2 rings (SSSR count). The summed E-state index contributed by atoms with van der Waals surface area (Å²) in [6.45, 7) is 3.89. The van der Waals surface area contributed by atoms with Crippen molar-refractivity contribution in [1.29, 1.82) is 0 Å². The molecular formula is C12H20N4O. The summed E-state index contributed by atoms with van der Waals surface area (Å²) in [7, 11) is 1.82. The van der Waals surface area contributed by atoms with Crippen LogP contribution in [0.5, 0.6) is 0 Å². The van der Waals surface area contributed by atoms with E-state index in [0.29, 0.717) is 12.6 Å². The lowest BCUT2D eigenvalue weighted by molar-refractivity contribution is -0.130. The molecule has 94 valence electrons. The molecule has 1 amide bonds. The first-order valence-electron chi connectivity index (χ1n) is 6.17. The SMILES string of the molecule is CCN(C)C(=O)Cn1cncc1CNC1CC1. The highest BCUT2D eigenvalue weighted by Crippen LogP contribution is 2.19. The van der Waals surface area contributed by atoms with Crippen molar-refractivity contribution < 1.29 is 4.79 Å². The number of carbonyl (C=O) groups excluding carboxylic acids is 1. The van der Waals surface area contributed by atoms with E-state index in [1.54, 1.807) is 11.2 Å². The smallest absolute Gasteiger partial charge is 0.242 e. The minimum Gasteiger partial charge on any atom is -0.344 e. The van der Waals surface area contributed by atoms with Gasteiger partial charge in [-0.1, -0.05) is 0 Å². The van der Waals surface area contributed by atoms with Crippen molar-refractivity contribution >= 4 is 5.91 Å². The Morgan fingerprint density at radius 3 is 3.06 bits per heavy atom. The van der Waals surface area contributed by atoms with E-state index < -0.39 is 0 Å². The molecule has 0 aliphatic heterocycles. The van der Waals surface area contributed by atoms with E-state index in [2.05, 4.69) is 10.3 Å². The molecule has 0 spiro atoms. The van der Waals surface area contributed by atoms with Crippen molar-refractivity contribution in [2.75, 3.05) is 13.6 Å². The van der Waals surface area contributed by atoms with Gasteiger partial charge in [0.2, 0.25) is 5.91 Å². The van der Waals surface area contributed by atoms with Crippen molar-refractivity contribution in [3.05, 3.63) is 18.2 Å². The van der Waals surface area contributed by atoms with Crippen molar-refractivity contribution in [2.45, 2.75) is 38.9 Å². The second-order valence-corrected chi connectivity index (χ2v) is 4.58. The largest absolute Gasteiger partial charge is 0.344 e. The van der Waals surface area contributed by atoms with E-state index in [-0.39, 0.29) is 5.91 Å². The molecule has 1 fully saturated rings. The minimum absolute atomic E-state index is 0.123. The van der Waals surface area contributed by atoms with Gasteiger partial charge in [0.15, 0.2) is 0 Å². The highest BCUT2D eigenvalue weighted by Gasteiger charge is 2.20. The zero-order valence-corrected chi connectivity index (χ0v) is 10.5. The third kappa shape index (κ3) is 3.30. The summed E-state index contributed by atoms with van der Waals surface area (Å²) in [6, 6.07) is 0.673. The lowest BCUT2D eigenvalue weighted by Crippen LogP contribution is -2.30. The van der Waals surface area contributed by atoms with Crippen LogP contribution in [0, 0.1) is 0 Å². The average Bonchev–Trinajstić information content (AvgIpc) is 3.06. The molecule has 5 heteroatoms. The number of amides is 1. The first-order chi connectivity index (χ1) is 8.20. The molecule has 1 aliphatic rings. The fourth-order valence-corrected chi connectivity index (χ4v) is 1.62. The van der Waals surface area contributed by atoms with Crippen LogP contribution in [0.2, 0.25) is 0 Å². The molecule has 0 atom stereocenters. The molecule has 5 nitrogen and oxygen atoms in total. The first kappa shape index (κ1) is 12.1. The Morgan fingerprint density at radius 1 is 1.65 bits per heavy atom. The number of imidazole rings is 1. The zero-order valence-electron chi connectivity index (χ0n) is 10.5. The van der Waals surface area contributed by atoms with E-state index in [0.717, 1.165) is 18.8 Å². The van der Waals surface area contributed by atoms with Crippen LogP contribution in [0.1, 0.15) is 25.5 Å². The monoisotopic (exact) mass is 236 g/mol. The Balaban J connectivity index is 1.90. The fraction of sp³-hybridized carbons (Fsp3) is 0.667.